The quantitative estimate of drug-likeness (QED) is 0.439. The van der Waals surface area contributed by atoms with Crippen molar-refractivity contribution in [1.82, 2.24) is 9.55 Å². The maximum absolute atomic E-state index is 13.0. The minimum Gasteiger partial charge on any atom is -0.291 e. The summed E-state index contributed by atoms with van der Waals surface area (Å²) in [4.78, 5) is 5.74. The van der Waals surface area contributed by atoms with Gasteiger partial charge < -0.3 is 0 Å². The number of benzene rings is 2. The van der Waals surface area contributed by atoms with Gasteiger partial charge in [0, 0.05) is 21.9 Å². The molecule has 112 valence electrons. The fourth-order valence-corrected chi connectivity index (χ4v) is 5.13. The standard InChI is InChI=1S/C17H10N2O2S2/c20-23(21)14-4-1-3-12-11-7-6-10(22)9-13(11)19(16(12)14)17-15(23)5-2-8-18-17/h1-9,22H. The Morgan fingerprint density at radius 3 is 2.65 bits per heavy atom. The van der Waals surface area contributed by atoms with Gasteiger partial charge in [0.05, 0.1) is 15.9 Å². The average molecular weight is 338 g/mol. The van der Waals surface area contributed by atoms with Gasteiger partial charge >= 0.3 is 0 Å². The molecule has 3 heterocycles. The highest BCUT2D eigenvalue weighted by Crippen LogP contribution is 2.42. The van der Waals surface area contributed by atoms with E-state index >= 15 is 0 Å². The first-order valence-corrected chi connectivity index (χ1v) is 8.99. The van der Waals surface area contributed by atoms with Crippen LogP contribution in [0.1, 0.15) is 0 Å². The van der Waals surface area contributed by atoms with Crippen molar-refractivity contribution in [3.8, 4) is 5.82 Å². The number of hydrogen-bond acceptors (Lipinski definition) is 4. The van der Waals surface area contributed by atoms with Gasteiger partial charge in [-0.05, 0) is 30.3 Å². The largest absolute Gasteiger partial charge is 0.291 e. The van der Waals surface area contributed by atoms with Gasteiger partial charge in [0.2, 0.25) is 9.84 Å². The Morgan fingerprint density at radius 2 is 1.78 bits per heavy atom. The predicted octanol–water partition coefficient (Wildman–Crippen LogP) is 3.61. The third-order valence-electron chi connectivity index (χ3n) is 4.28. The maximum atomic E-state index is 13.0. The summed E-state index contributed by atoms with van der Waals surface area (Å²) >= 11 is 4.42. The van der Waals surface area contributed by atoms with Crippen LogP contribution in [0.15, 0.2) is 69.4 Å². The number of sulfone groups is 1. The first-order chi connectivity index (χ1) is 11.1. The number of hydrogen-bond donors (Lipinski definition) is 1. The number of thiol groups is 1. The highest BCUT2D eigenvalue weighted by atomic mass is 32.2. The second-order valence-corrected chi connectivity index (χ2v) is 7.92. The molecule has 6 heteroatoms. The molecule has 0 spiro atoms. The number of fused-ring (bicyclic) bond motifs is 5. The lowest BCUT2D eigenvalue weighted by Crippen LogP contribution is -2.15. The number of rotatable bonds is 0. The number of nitrogens with zero attached hydrogens (tertiary/aromatic N) is 2. The average Bonchev–Trinajstić information content (AvgIpc) is 2.87. The van der Waals surface area contributed by atoms with Crippen LogP contribution in [-0.4, -0.2) is 18.0 Å². The molecule has 0 atom stereocenters. The van der Waals surface area contributed by atoms with Crippen molar-refractivity contribution in [1.29, 1.82) is 0 Å². The van der Waals surface area contributed by atoms with E-state index in [0.29, 0.717) is 16.2 Å². The molecule has 0 saturated heterocycles. The van der Waals surface area contributed by atoms with Gasteiger partial charge in [0.25, 0.3) is 0 Å². The molecular weight excluding hydrogens is 328 g/mol. The van der Waals surface area contributed by atoms with Gasteiger partial charge in [-0.25, -0.2) is 13.4 Å². The van der Waals surface area contributed by atoms with Crippen molar-refractivity contribution >= 4 is 44.3 Å². The number of pyridine rings is 1. The first kappa shape index (κ1) is 13.2. The summed E-state index contributed by atoms with van der Waals surface area (Å²) in [6, 6.07) is 14.5. The van der Waals surface area contributed by atoms with E-state index in [-0.39, 0.29) is 4.90 Å². The molecule has 0 bridgehead atoms. The van der Waals surface area contributed by atoms with Crippen LogP contribution >= 0.6 is 12.6 Å². The van der Waals surface area contributed by atoms with E-state index in [1.165, 1.54) is 0 Å². The van der Waals surface area contributed by atoms with Crippen molar-refractivity contribution in [2.24, 2.45) is 0 Å². The summed E-state index contributed by atoms with van der Waals surface area (Å²) in [7, 11) is -3.57. The van der Waals surface area contributed by atoms with Gasteiger partial charge in [-0.1, -0.05) is 18.2 Å². The zero-order valence-electron chi connectivity index (χ0n) is 11.8. The van der Waals surface area contributed by atoms with Crippen LogP contribution in [-0.2, 0) is 9.84 Å². The molecule has 0 aliphatic carbocycles. The summed E-state index contributed by atoms with van der Waals surface area (Å²) in [5, 5.41) is 1.90. The van der Waals surface area contributed by atoms with E-state index in [0.717, 1.165) is 21.2 Å². The Bertz CT molecular complexity index is 1240. The molecule has 23 heavy (non-hydrogen) atoms. The minimum atomic E-state index is -3.57. The van der Waals surface area contributed by atoms with Gasteiger partial charge in [-0.3, -0.25) is 4.57 Å². The van der Waals surface area contributed by atoms with Gasteiger partial charge in [0.1, 0.15) is 4.90 Å². The van der Waals surface area contributed by atoms with Crippen molar-refractivity contribution in [3.05, 3.63) is 54.7 Å². The van der Waals surface area contributed by atoms with E-state index < -0.39 is 9.84 Å². The Hall–Kier alpha value is -2.31. The predicted molar refractivity (Wildman–Crippen MR) is 91.3 cm³/mol. The summed E-state index contributed by atoms with van der Waals surface area (Å²) in [5.41, 5.74) is 1.60. The Balaban J connectivity index is 2.19. The number of aromatic nitrogens is 2. The second kappa shape index (κ2) is 4.15. The van der Waals surface area contributed by atoms with E-state index in [1.807, 2.05) is 28.8 Å². The van der Waals surface area contributed by atoms with Crippen LogP contribution < -0.4 is 0 Å². The topological polar surface area (TPSA) is 52.0 Å². The third-order valence-corrected chi connectivity index (χ3v) is 6.36. The molecule has 0 amide bonds. The van der Waals surface area contributed by atoms with Crippen LogP contribution in [0.4, 0.5) is 0 Å². The molecule has 4 nitrogen and oxygen atoms in total. The summed E-state index contributed by atoms with van der Waals surface area (Å²) in [6.45, 7) is 0. The molecule has 1 aliphatic heterocycles. The van der Waals surface area contributed by atoms with Gasteiger partial charge in [-0.2, -0.15) is 0 Å². The zero-order valence-corrected chi connectivity index (χ0v) is 13.5. The van der Waals surface area contributed by atoms with Gasteiger partial charge in [0.15, 0.2) is 5.82 Å². The summed E-state index contributed by atoms with van der Waals surface area (Å²) in [6.07, 6.45) is 1.62. The smallest absolute Gasteiger partial charge is 0.212 e. The monoisotopic (exact) mass is 338 g/mol. The van der Waals surface area contributed by atoms with Crippen molar-refractivity contribution in [2.45, 2.75) is 14.7 Å². The molecular formula is C17H10N2O2S2. The molecule has 1 aliphatic rings. The SMILES string of the molecule is O=S1(=O)c2cccnc2-n2c3cc(S)ccc3c3cccc1c32. The Kier molecular flexibility index (Phi) is 2.38. The van der Waals surface area contributed by atoms with Crippen molar-refractivity contribution in [3.63, 3.8) is 0 Å². The highest BCUT2D eigenvalue weighted by Gasteiger charge is 2.33. The van der Waals surface area contributed by atoms with Crippen molar-refractivity contribution < 1.29 is 8.42 Å². The fraction of sp³-hybridized carbons (Fsp3) is 0. The van der Waals surface area contributed by atoms with Crippen LogP contribution in [0, 0.1) is 0 Å². The van der Waals surface area contributed by atoms with Gasteiger partial charge in [-0.15, -0.1) is 12.6 Å². The maximum Gasteiger partial charge on any atom is 0.212 e. The van der Waals surface area contributed by atoms with Crippen molar-refractivity contribution in [2.75, 3.05) is 0 Å². The second-order valence-electron chi connectivity index (χ2n) is 5.52. The normalized spacial score (nSPS) is 15.0. The summed E-state index contributed by atoms with van der Waals surface area (Å²) in [5.74, 6) is 0.449. The van der Waals surface area contributed by atoms with E-state index in [2.05, 4.69) is 17.6 Å². The third kappa shape index (κ3) is 1.52. The molecule has 0 N–H and O–H groups in total. The molecule has 0 saturated carbocycles. The molecule has 5 rings (SSSR count). The molecule has 0 fully saturated rings. The van der Waals surface area contributed by atoms with E-state index in [1.54, 1.807) is 30.5 Å². The molecule has 0 unspecified atom stereocenters. The van der Waals surface area contributed by atoms with E-state index in [9.17, 15) is 8.42 Å². The van der Waals surface area contributed by atoms with E-state index in [4.69, 9.17) is 0 Å². The Labute approximate surface area is 137 Å². The van der Waals surface area contributed by atoms with Crippen LogP contribution in [0.2, 0.25) is 0 Å². The minimum absolute atomic E-state index is 0.238. The lowest BCUT2D eigenvalue weighted by molar-refractivity contribution is 0.594. The number of para-hydroxylation sites is 1. The lowest BCUT2D eigenvalue weighted by Gasteiger charge is -2.19. The first-order valence-electron chi connectivity index (χ1n) is 7.06. The van der Waals surface area contributed by atoms with Crippen LogP contribution in [0.3, 0.4) is 0 Å². The highest BCUT2D eigenvalue weighted by molar-refractivity contribution is 7.92. The molecule has 0 radical (unpaired) electrons. The Morgan fingerprint density at radius 1 is 0.957 bits per heavy atom. The fourth-order valence-electron chi connectivity index (χ4n) is 3.34. The van der Waals surface area contributed by atoms with Crippen LogP contribution in [0.5, 0.6) is 0 Å². The lowest BCUT2D eigenvalue weighted by atomic mass is 10.1. The van der Waals surface area contributed by atoms with Crippen LogP contribution in [0.25, 0.3) is 27.6 Å². The molecule has 4 aromatic rings. The molecule has 2 aromatic heterocycles. The summed E-state index contributed by atoms with van der Waals surface area (Å²) < 4.78 is 27.8. The zero-order chi connectivity index (χ0) is 15.8. The molecule has 2 aromatic carbocycles.